The number of carbonyl (C=O) groups is 3. The zero-order valence-electron chi connectivity index (χ0n) is 20.6. The Morgan fingerprint density at radius 3 is 2.58 bits per heavy atom. The van der Waals surface area contributed by atoms with Gasteiger partial charge in [-0.15, -0.1) is 11.3 Å². The van der Waals surface area contributed by atoms with Gasteiger partial charge in [-0.3, -0.25) is 10.1 Å². The van der Waals surface area contributed by atoms with Gasteiger partial charge in [-0.05, 0) is 45.3 Å². The Bertz CT molecular complexity index is 1230. The molecule has 0 saturated heterocycles. The molecule has 0 radical (unpaired) electrons. The number of para-hydroxylation sites is 1. The fourth-order valence-corrected chi connectivity index (χ4v) is 3.87. The molecule has 1 aromatic heterocycles. The number of carbonyl (C=O) groups excluding carboxylic acids is 3. The maximum Gasteiger partial charge on any atom is 0.407 e. The Morgan fingerprint density at radius 2 is 1.83 bits per heavy atom. The van der Waals surface area contributed by atoms with Crippen molar-refractivity contribution in [3.05, 3.63) is 70.2 Å². The molecule has 10 nitrogen and oxygen atoms in total. The number of rotatable bonds is 10. The molecule has 2 aromatic carbocycles. The van der Waals surface area contributed by atoms with Crippen molar-refractivity contribution in [1.82, 2.24) is 15.2 Å². The van der Waals surface area contributed by atoms with Crippen LogP contribution in [0.15, 0.2) is 47.8 Å². The van der Waals surface area contributed by atoms with Crippen LogP contribution in [0.5, 0.6) is 5.75 Å². The van der Waals surface area contributed by atoms with Crippen molar-refractivity contribution in [2.24, 2.45) is 0 Å². The number of thiazole rings is 1. The predicted molar refractivity (Wildman–Crippen MR) is 139 cm³/mol. The number of benzene rings is 2. The molecule has 0 aliphatic heterocycles. The van der Waals surface area contributed by atoms with E-state index in [0.717, 1.165) is 5.56 Å². The van der Waals surface area contributed by atoms with Crippen molar-refractivity contribution >= 4 is 40.1 Å². The molecule has 0 aliphatic rings. The van der Waals surface area contributed by atoms with E-state index in [4.69, 9.17) is 9.47 Å². The Balaban J connectivity index is 1.62. The van der Waals surface area contributed by atoms with E-state index in [-0.39, 0.29) is 18.9 Å². The van der Waals surface area contributed by atoms with Gasteiger partial charge in [-0.1, -0.05) is 23.8 Å². The largest absolute Gasteiger partial charge is 0.496 e. The summed E-state index contributed by atoms with van der Waals surface area (Å²) < 4.78 is 10.4. The summed E-state index contributed by atoms with van der Waals surface area (Å²) in [4.78, 5) is 43.9. The van der Waals surface area contributed by atoms with Crippen LogP contribution >= 0.6 is 11.3 Å². The zero-order valence-corrected chi connectivity index (χ0v) is 21.4. The van der Waals surface area contributed by atoms with E-state index in [9.17, 15) is 14.4 Å². The summed E-state index contributed by atoms with van der Waals surface area (Å²) in [5.74, 6) is 0.177. The van der Waals surface area contributed by atoms with Gasteiger partial charge in [0.1, 0.15) is 12.4 Å². The summed E-state index contributed by atoms with van der Waals surface area (Å²) in [6, 6.07) is 11.6. The fraction of sp³-hybridized carbons (Fsp3) is 0.280. The summed E-state index contributed by atoms with van der Waals surface area (Å²) in [5, 5.41) is 10.1. The Morgan fingerprint density at radius 1 is 1.06 bits per heavy atom. The van der Waals surface area contributed by atoms with Crippen molar-refractivity contribution in [3.8, 4) is 5.75 Å². The quantitative estimate of drug-likeness (QED) is 0.350. The van der Waals surface area contributed by atoms with E-state index >= 15 is 0 Å². The van der Waals surface area contributed by atoms with Crippen LogP contribution in [0.2, 0.25) is 0 Å². The maximum absolute atomic E-state index is 13.3. The summed E-state index contributed by atoms with van der Waals surface area (Å²) in [6.07, 6.45) is -0.538. The number of urea groups is 1. The first kappa shape index (κ1) is 26.6. The molecule has 36 heavy (non-hydrogen) atoms. The van der Waals surface area contributed by atoms with Crippen molar-refractivity contribution in [3.63, 3.8) is 0 Å². The Hall–Kier alpha value is -3.96. The number of hydrogen-bond acceptors (Lipinski definition) is 8. The molecule has 0 bridgehead atoms. The molecule has 0 saturated carbocycles. The Labute approximate surface area is 213 Å². The minimum absolute atomic E-state index is 0.163. The monoisotopic (exact) mass is 511 g/mol. The molecule has 3 rings (SSSR count). The van der Waals surface area contributed by atoms with Gasteiger partial charge in [-0.25, -0.2) is 14.6 Å². The van der Waals surface area contributed by atoms with Crippen LogP contribution in [-0.4, -0.2) is 62.1 Å². The van der Waals surface area contributed by atoms with Gasteiger partial charge >= 0.3 is 12.1 Å². The first-order valence-electron chi connectivity index (χ1n) is 11.1. The number of hydrogen-bond donors (Lipinski definition) is 3. The fourth-order valence-electron chi connectivity index (χ4n) is 3.16. The van der Waals surface area contributed by atoms with E-state index in [0.29, 0.717) is 39.9 Å². The number of likely N-dealkylation sites (N-methyl/N-ethyl adjacent to an activating group) is 1. The lowest BCUT2D eigenvalue weighted by Gasteiger charge is -2.13. The SMILES string of the molecule is COc1ccccc1C(=O)c1cc(C)ccc1NC(=O)Nc1nc(CNC(=O)OCCN(C)C)cs1. The number of amides is 3. The van der Waals surface area contributed by atoms with E-state index in [1.54, 1.807) is 47.8 Å². The average molecular weight is 512 g/mol. The number of aromatic nitrogens is 1. The van der Waals surface area contributed by atoms with Crippen molar-refractivity contribution in [2.75, 3.05) is 45.0 Å². The zero-order chi connectivity index (χ0) is 26.1. The number of aryl methyl sites for hydroxylation is 1. The molecule has 0 aliphatic carbocycles. The molecule has 0 fully saturated rings. The number of alkyl carbamates (subject to hydrolysis) is 1. The number of nitrogens with zero attached hydrogens (tertiary/aromatic N) is 2. The van der Waals surface area contributed by atoms with Gasteiger partial charge in [0.2, 0.25) is 0 Å². The number of ether oxygens (including phenoxy) is 2. The van der Waals surface area contributed by atoms with Crippen LogP contribution < -0.4 is 20.7 Å². The summed E-state index contributed by atoms with van der Waals surface area (Å²) in [6.45, 7) is 2.94. The summed E-state index contributed by atoms with van der Waals surface area (Å²) >= 11 is 1.21. The topological polar surface area (TPSA) is 122 Å². The minimum Gasteiger partial charge on any atom is -0.496 e. The highest BCUT2D eigenvalue weighted by Gasteiger charge is 2.19. The van der Waals surface area contributed by atoms with Gasteiger partial charge in [0.15, 0.2) is 10.9 Å². The van der Waals surface area contributed by atoms with Gasteiger partial charge in [0.25, 0.3) is 0 Å². The average Bonchev–Trinajstić information content (AvgIpc) is 3.30. The lowest BCUT2D eigenvalue weighted by atomic mass is 9.99. The van der Waals surface area contributed by atoms with Crippen LogP contribution in [0.1, 0.15) is 27.2 Å². The summed E-state index contributed by atoms with van der Waals surface area (Å²) in [5.41, 5.74) is 2.53. The van der Waals surface area contributed by atoms with E-state index < -0.39 is 12.1 Å². The third-order valence-corrected chi connectivity index (χ3v) is 5.78. The normalized spacial score (nSPS) is 10.6. The molecule has 190 valence electrons. The molecular formula is C25H29N5O5S. The smallest absolute Gasteiger partial charge is 0.407 e. The molecule has 0 unspecified atom stereocenters. The lowest BCUT2D eigenvalue weighted by Crippen LogP contribution is -2.27. The second-order valence-corrected chi connectivity index (χ2v) is 8.95. The number of methoxy groups -OCH3 is 1. The predicted octanol–water partition coefficient (Wildman–Crippen LogP) is 4.12. The van der Waals surface area contributed by atoms with Crippen LogP contribution in [0, 0.1) is 6.92 Å². The highest BCUT2D eigenvalue weighted by Crippen LogP contribution is 2.26. The number of ketones is 1. The minimum atomic E-state index is -0.551. The lowest BCUT2D eigenvalue weighted by molar-refractivity contribution is 0.103. The first-order valence-corrected chi connectivity index (χ1v) is 12.0. The van der Waals surface area contributed by atoms with E-state index in [2.05, 4.69) is 20.9 Å². The summed E-state index contributed by atoms with van der Waals surface area (Å²) in [7, 11) is 5.28. The Kier molecular flexibility index (Phi) is 9.37. The molecule has 0 spiro atoms. The maximum atomic E-state index is 13.3. The molecular weight excluding hydrogens is 482 g/mol. The van der Waals surface area contributed by atoms with Gasteiger partial charge in [0.05, 0.1) is 30.6 Å². The van der Waals surface area contributed by atoms with Crippen molar-refractivity contribution < 1.29 is 23.9 Å². The van der Waals surface area contributed by atoms with Crippen molar-refractivity contribution in [2.45, 2.75) is 13.5 Å². The highest BCUT2D eigenvalue weighted by molar-refractivity contribution is 7.13. The van der Waals surface area contributed by atoms with E-state index in [1.807, 2.05) is 25.9 Å². The van der Waals surface area contributed by atoms with Crippen LogP contribution in [0.25, 0.3) is 0 Å². The second kappa shape index (κ2) is 12.7. The molecule has 3 amide bonds. The molecule has 3 aromatic rings. The van der Waals surface area contributed by atoms with Crippen LogP contribution in [-0.2, 0) is 11.3 Å². The highest BCUT2D eigenvalue weighted by atomic mass is 32.1. The molecule has 11 heteroatoms. The third-order valence-electron chi connectivity index (χ3n) is 4.98. The molecule has 3 N–H and O–H groups in total. The number of anilines is 2. The third kappa shape index (κ3) is 7.52. The molecule has 0 atom stereocenters. The van der Waals surface area contributed by atoms with Crippen LogP contribution in [0.4, 0.5) is 20.4 Å². The van der Waals surface area contributed by atoms with Gasteiger partial charge in [0, 0.05) is 17.5 Å². The van der Waals surface area contributed by atoms with Gasteiger partial charge < -0.3 is 25.0 Å². The standard InChI is InChI=1S/C25H29N5O5S/c1-16-9-10-20(19(13-16)22(31)18-7-5-6-8-21(18)34-4)28-23(32)29-24-27-17(15-36-24)14-26-25(33)35-12-11-30(2)3/h5-10,13,15H,11-12,14H2,1-4H3,(H,26,33)(H2,27,28,29,32). The van der Waals surface area contributed by atoms with Crippen LogP contribution in [0.3, 0.4) is 0 Å². The molecule has 1 heterocycles. The van der Waals surface area contributed by atoms with Gasteiger partial charge in [-0.2, -0.15) is 0 Å². The first-order chi connectivity index (χ1) is 17.3. The second-order valence-electron chi connectivity index (χ2n) is 8.09. The van der Waals surface area contributed by atoms with E-state index in [1.165, 1.54) is 18.4 Å². The van der Waals surface area contributed by atoms with Crippen molar-refractivity contribution in [1.29, 1.82) is 0 Å². The number of nitrogens with one attached hydrogen (secondary N) is 3.